The lowest BCUT2D eigenvalue weighted by Gasteiger charge is -2.19. The van der Waals surface area contributed by atoms with Crippen molar-refractivity contribution in [1.29, 1.82) is 0 Å². The average Bonchev–Trinajstić information content (AvgIpc) is 2.37. The van der Waals surface area contributed by atoms with Gasteiger partial charge in [0.2, 0.25) is 0 Å². The lowest BCUT2D eigenvalue weighted by molar-refractivity contribution is -0.137. The van der Waals surface area contributed by atoms with Gasteiger partial charge < -0.3 is 5.11 Å². The molecule has 0 saturated heterocycles. The van der Waals surface area contributed by atoms with Crippen LogP contribution in [-0.2, 0) is 17.4 Å². The molecule has 1 atom stereocenters. The molecule has 0 aliphatic rings. The van der Waals surface area contributed by atoms with Crippen molar-refractivity contribution in [2.45, 2.75) is 25.1 Å². The second-order valence-corrected chi connectivity index (χ2v) is 5.03. The molecule has 1 N–H and O–H groups in total. The molecular weight excluding hydrogens is 339 g/mol. The van der Waals surface area contributed by atoms with Crippen LogP contribution >= 0.6 is 15.9 Å². The number of aliphatic hydroxyl groups is 1. The highest BCUT2D eigenvalue weighted by atomic mass is 79.9. The summed E-state index contributed by atoms with van der Waals surface area (Å²) in [7, 11) is 0. The van der Waals surface area contributed by atoms with E-state index < -0.39 is 28.8 Å². The van der Waals surface area contributed by atoms with E-state index in [0.29, 0.717) is 0 Å². The smallest absolute Gasteiger partial charge is 0.381 e. The molecule has 0 saturated carbocycles. The van der Waals surface area contributed by atoms with E-state index in [4.69, 9.17) is 6.57 Å². The van der Waals surface area contributed by atoms with Crippen LogP contribution in [0.5, 0.6) is 0 Å². The normalized spacial score (nSPS) is 14.4. The van der Waals surface area contributed by atoms with Crippen LogP contribution in [-0.4, -0.2) is 21.8 Å². The van der Waals surface area contributed by atoms with Crippen molar-refractivity contribution >= 4 is 27.4 Å². The highest BCUT2D eigenvalue weighted by Crippen LogP contribution is 2.37. The van der Waals surface area contributed by atoms with Gasteiger partial charge in [-0.3, -0.25) is 4.79 Å². The van der Waals surface area contributed by atoms with Crippen molar-refractivity contribution in [1.82, 2.24) is 0 Å². The first-order valence-electron chi connectivity index (χ1n) is 5.51. The molecule has 0 aliphatic heterocycles. The van der Waals surface area contributed by atoms with E-state index in [0.717, 1.165) is 12.1 Å². The van der Waals surface area contributed by atoms with Crippen LogP contribution in [0.4, 0.5) is 18.9 Å². The van der Waals surface area contributed by atoms with E-state index in [9.17, 15) is 23.1 Å². The summed E-state index contributed by atoms with van der Waals surface area (Å²) in [6, 6.07) is 3.09. The Hall–Kier alpha value is -1.39. The molecule has 0 unspecified atom stereocenters. The van der Waals surface area contributed by atoms with E-state index in [1.54, 1.807) is 0 Å². The molecule has 0 aliphatic carbocycles. The fraction of sp³-hybridized carbons (Fsp3) is 0.385. The molecule has 0 fully saturated rings. The van der Waals surface area contributed by atoms with E-state index in [-0.39, 0.29) is 17.3 Å². The van der Waals surface area contributed by atoms with Crippen LogP contribution in [0.25, 0.3) is 4.85 Å². The topological polar surface area (TPSA) is 41.7 Å². The molecule has 0 bridgehead atoms. The first-order valence-corrected chi connectivity index (χ1v) is 6.63. The zero-order chi connectivity index (χ0) is 15.6. The summed E-state index contributed by atoms with van der Waals surface area (Å²) in [6.45, 7) is 8.00. The Balaban J connectivity index is 3.12. The predicted octanol–water partition coefficient (Wildman–Crippen LogP) is 3.51. The van der Waals surface area contributed by atoms with Gasteiger partial charge in [0, 0.05) is 11.8 Å². The predicted molar refractivity (Wildman–Crippen MR) is 70.8 cm³/mol. The number of ketones is 1. The van der Waals surface area contributed by atoms with E-state index >= 15 is 0 Å². The number of alkyl halides is 4. The summed E-state index contributed by atoms with van der Waals surface area (Å²) < 4.78 is 38.3. The maximum atomic E-state index is 12.8. The second-order valence-electron chi connectivity index (χ2n) is 4.47. The van der Waals surface area contributed by atoms with Crippen molar-refractivity contribution in [2.75, 3.05) is 5.33 Å². The minimum absolute atomic E-state index is 0.00883. The highest BCUT2D eigenvalue weighted by molar-refractivity contribution is 9.09. The molecule has 1 aromatic rings. The number of carbonyl (C=O) groups is 1. The van der Waals surface area contributed by atoms with Crippen molar-refractivity contribution in [3.8, 4) is 0 Å². The maximum Gasteiger partial charge on any atom is 0.407 e. The van der Waals surface area contributed by atoms with Gasteiger partial charge in [-0.15, -0.1) is 0 Å². The van der Waals surface area contributed by atoms with Gasteiger partial charge in [-0.25, -0.2) is 4.85 Å². The number of rotatable bonds is 4. The van der Waals surface area contributed by atoms with Gasteiger partial charge in [-0.1, -0.05) is 34.1 Å². The lowest BCUT2D eigenvalue weighted by Crippen LogP contribution is -2.38. The van der Waals surface area contributed by atoms with Gasteiger partial charge in [0.05, 0.1) is 12.1 Å². The molecular formula is C13H11BrF3NO2. The number of nitrogens with zero attached hydrogens (tertiary/aromatic N) is 1. The summed E-state index contributed by atoms with van der Waals surface area (Å²) in [5, 5.41) is 9.71. The largest absolute Gasteiger partial charge is 0.407 e. The number of hydrogen-bond donors (Lipinski definition) is 1. The van der Waals surface area contributed by atoms with Crippen molar-refractivity contribution < 1.29 is 23.1 Å². The van der Waals surface area contributed by atoms with Gasteiger partial charge in [0.15, 0.2) is 11.5 Å². The molecule has 0 radical (unpaired) electrons. The molecule has 1 aromatic carbocycles. The number of carbonyl (C=O) groups excluding carboxylic acids is 1. The van der Waals surface area contributed by atoms with Crippen molar-refractivity contribution in [3.05, 3.63) is 40.7 Å². The second kappa shape index (κ2) is 5.94. The Morgan fingerprint density at radius 1 is 1.45 bits per heavy atom. The van der Waals surface area contributed by atoms with Crippen LogP contribution < -0.4 is 0 Å². The molecule has 0 amide bonds. The van der Waals surface area contributed by atoms with Gasteiger partial charge in [-0.05, 0) is 12.5 Å². The molecule has 20 heavy (non-hydrogen) atoms. The van der Waals surface area contributed by atoms with Crippen LogP contribution in [0.15, 0.2) is 18.2 Å². The SMILES string of the molecule is [C-]#[N+]c1ccc(CC(=O)[C@@](C)(O)CBr)cc1C(F)(F)F. The summed E-state index contributed by atoms with van der Waals surface area (Å²) in [4.78, 5) is 14.6. The van der Waals surface area contributed by atoms with Crippen molar-refractivity contribution in [3.63, 3.8) is 0 Å². The molecule has 1 rings (SSSR count). The monoisotopic (exact) mass is 349 g/mol. The fourth-order valence-electron chi connectivity index (χ4n) is 1.47. The third-order valence-electron chi connectivity index (χ3n) is 2.71. The van der Waals surface area contributed by atoms with Crippen LogP contribution in [0.2, 0.25) is 0 Å². The Morgan fingerprint density at radius 2 is 2.05 bits per heavy atom. The highest BCUT2D eigenvalue weighted by Gasteiger charge is 2.34. The minimum Gasteiger partial charge on any atom is -0.381 e. The Bertz CT molecular complexity index is 562. The Morgan fingerprint density at radius 3 is 2.50 bits per heavy atom. The molecule has 0 spiro atoms. The standard InChI is InChI=1S/C13H11BrF3NO2/c1-12(20,7-14)11(19)6-8-3-4-10(18-2)9(5-8)13(15,16)17/h3-5,20H,6-7H2,1H3/t12-/m0/s1. The van der Waals surface area contributed by atoms with Crippen molar-refractivity contribution in [2.24, 2.45) is 0 Å². The van der Waals surface area contributed by atoms with Gasteiger partial charge in [-0.2, -0.15) is 13.2 Å². The van der Waals surface area contributed by atoms with Gasteiger partial charge in [0.25, 0.3) is 0 Å². The lowest BCUT2D eigenvalue weighted by atomic mass is 9.96. The first kappa shape index (κ1) is 16.7. The summed E-state index contributed by atoms with van der Waals surface area (Å²) in [5.41, 5.74) is -3.12. The Labute approximate surface area is 122 Å². The molecule has 3 nitrogen and oxygen atoms in total. The minimum atomic E-state index is -4.66. The van der Waals surface area contributed by atoms with Crippen LogP contribution in [0.1, 0.15) is 18.1 Å². The maximum absolute atomic E-state index is 12.8. The number of hydrogen-bond acceptors (Lipinski definition) is 2. The summed E-state index contributed by atoms with van der Waals surface area (Å²) in [5.74, 6) is -0.599. The summed E-state index contributed by atoms with van der Waals surface area (Å²) >= 11 is 2.96. The van der Waals surface area contributed by atoms with Crippen LogP contribution in [0.3, 0.4) is 0 Å². The number of benzene rings is 1. The molecule has 108 valence electrons. The third-order valence-corrected chi connectivity index (χ3v) is 3.80. The number of halogens is 4. The van der Waals surface area contributed by atoms with E-state index in [1.165, 1.54) is 13.0 Å². The van der Waals surface area contributed by atoms with Crippen LogP contribution in [0, 0.1) is 6.57 Å². The fourth-order valence-corrected chi connectivity index (χ4v) is 1.78. The van der Waals surface area contributed by atoms with Gasteiger partial charge in [0.1, 0.15) is 5.60 Å². The average molecular weight is 350 g/mol. The summed E-state index contributed by atoms with van der Waals surface area (Å²) in [6.07, 6.45) is -4.99. The number of Topliss-reactive ketones (excluding diaryl/α,β-unsaturated/α-hetero) is 1. The first-order chi connectivity index (χ1) is 9.11. The Kier molecular flexibility index (Phi) is 4.95. The van der Waals surface area contributed by atoms with E-state index in [2.05, 4.69) is 20.8 Å². The molecule has 0 heterocycles. The quantitative estimate of drug-likeness (QED) is 0.667. The molecule has 7 heteroatoms. The third kappa shape index (κ3) is 3.81. The van der Waals surface area contributed by atoms with Gasteiger partial charge >= 0.3 is 6.18 Å². The zero-order valence-corrected chi connectivity index (χ0v) is 12.0. The molecule has 0 aromatic heterocycles. The van der Waals surface area contributed by atoms with E-state index in [1.807, 2.05) is 0 Å². The zero-order valence-electron chi connectivity index (χ0n) is 10.5.